The zero-order valence-electron chi connectivity index (χ0n) is 14.8. The van der Waals surface area contributed by atoms with Crippen LogP contribution in [-0.2, 0) is 17.1 Å². The summed E-state index contributed by atoms with van der Waals surface area (Å²) in [6.45, 7) is 3.88. The van der Waals surface area contributed by atoms with E-state index in [2.05, 4.69) is 40.3 Å². The van der Waals surface area contributed by atoms with Crippen LogP contribution in [0, 0.1) is 63.2 Å². The van der Waals surface area contributed by atoms with Gasteiger partial charge >= 0.3 is 17.1 Å². The SMILES string of the molecule is C/C(=N\c1ncn[nH]1)[C]1[CH][CH][CH][CH]1.C/C(=N\c1ncn[nH]1)[C]1[CH][CH][CH][CH]1.[Fe+2]. The second-order valence-electron chi connectivity index (χ2n) is 5.36. The fraction of sp³-hybridized carbons (Fsp3) is 0.111. The summed E-state index contributed by atoms with van der Waals surface area (Å²) in [7, 11) is 0. The minimum Gasteiger partial charge on any atom is -0.244 e. The van der Waals surface area contributed by atoms with Crippen LogP contribution in [-0.4, -0.2) is 41.8 Å². The third kappa shape index (κ3) is 6.66. The molecule has 10 radical (unpaired) electrons. The Balaban J connectivity index is 0.000000187. The van der Waals surface area contributed by atoms with Crippen molar-refractivity contribution in [1.29, 1.82) is 0 Å². The van der Waals surface area contributed by atoms with Crippen molar-refractivity contribution in [3.05, 3.63) is 75.9 Å². The van der Waals surface area contributed by atoms with Crippen molar-refractivity contribution in [1.82, 2.24) is 30.4 Å². The standard InChI is InChI=1S/2C9H9N4.Fe/c2*1-7(8-4-2-3-5-8)12-9-10-6-11-13-9;/h2*2-6H,1H3,(H,10,11,13);/q;;+2/b2*12-7+;. The molecule has 136 valence electrons. The van der Waals surface area contributed by atoms with Crippen molar-refractivity contribution >= 4 is 23.3 Å². The van der Waals surface area contributed by atoms with Crippen molar-refractivity contribution in [2.75, 3.05) is 0 Å². The summed E-state index contributed by atoms with van der Waals surface area (Å²) < 4.78 is 0. The molecule has 0 spiro atoms. The van der Waals surface area contributed by atoms with Crippen molar-refractivity contribution in [2.45, 2.75) is 13.8 Å². The normalized spacial score (nSPS) is 18.9. The number of nitrogens with one attached hydrogen (secondary N) is 2. The van der Waals surface area contributed by atoms with Gasteiger partial charge in [-0.1, -0.05) is 0 Å². The van der Waals surface area contributed by atoms with Gasteiger partial charge in [-0.3, -0.25) is 0 Å². The van der Waals surface area contributed by atoms with Gasteiger partial charge in [0.1, 0.15) is 12.7 Å². The number of nitrogens with zero attached hydrogens (tertiary/aromatic N) is 6. The van der Waals surface area contributed by atoms with E-state index < -0.39 is 0 Å². The number of hydrogen-bond donors (Lipinski definition) is 2. The van der Waals surface area contributed by atoms with Gasteiger partial charge in [-0.05, 0) is 65.2 Å². The van der Waals surface area contributed by atoms with Crippen LogP contribution in [0.2, 0.25) is 0 Å². The largest absolute Gasteiger partial charge is 2.00 e. The third-order valence-corrected chi connectivity index (χ3v) is 3.51. The molecule has 2 aliphatic carbocycles. The molecule has 0 bridgehead atoms. The fourth-order valence-electron chi connectivity index (χ4n) is 2.18. The topological polar surface area (TPSA) is 108 Å². The van der Waals surface area contributed by atoms with Gasteiger partial charge in [0.15, 0.2) is 0 Å². The van der Waals surface area contributed by atoms with Crippen LogP contribution in [0.4, 0.5) is 11.9 Å². The van der Waals surface area contributed by atoms with Gasteiger partial charge in [0, 0.05) is 23.3 Å². The summed E-state index contributed by atoms with van der Waals surface area (Å²) >= 11 is 0. The Kier molecular flexibility index (Phi) is 8.81. The van der Waals surface area contributed by atoms with Crippen LogP contribution in [0.25, 0.3) is 0 Å². The van der Waals surface area contributed by atoms with E-state index >= 15 is 0 Å². The molecule has 0 aliphatic heterocycles. The first-order valence-electron chi connectivity index (χ1n) is 7.98. The van der Waals surface area contributed by atoms with Crippen molar-refractivity contribution < 1.29 is 17.1 Å². The van der Waals surface area contributed by atoms with E-state index in [0.717, 1.165) is 23.3 Å². The zero-order chi connectivity index (χ0) is 18.2. The second-order valence-corrected chi connectivity index (χ2v) is 5.36. The number of aliphatic imine (C=N–C) groups is 2. The Morgan fingerprint density at radius 3 is 1.37 bits per heavy atom. The average molecular weight is 402 g/mol. The van der Waals surface area contributed by atoms with E-state index in [9.17, 15) is 0 Å². The summed E-state index contributed by atoms with van der Waals surface area (Å²) in [6, 6.07) is 0. The minimum atomic E-state index is 0. The fourth-order valence-corrected chi connectivity index (χ4v) is 2.18. The van der Waals surface area contributed by atoms with Crippen molar-refractivity contribution in [3.8, 4) is 0 Å². The van der Waals surface area contributed by atoms with Gasteiger partial charge in [-0.25, -0.2) is 20.2 Å². The van der Waals surface area contributed by atoms with E-state index in [1.807, 2.05) is 65.2 Å². The molecule has 2 fully saturated rings. The van der Waals surface area contributed by atoms with Gasteiger partial charge in [-0.2, -0.15) is 20.2 Å². The molecule has 0 saturated heterocycles. The maximum absolute atomic E-state index is 4.25. The first kappa shape index (κ1) is 21.4. The molecule has 2 aromatic rings. The van der Waals surface area contributed by atoms with Crippen molar-refractivity contribution in [3.63, 3.8) is 0 Å². The Hall–Kier alpha value is -1.86. The average Bonchev–Trinajstić information content (AvgIpc) is 3.43. The van der Waals surface area contributed by atoms with E-state index in [0.29, 0.717) is 11.9 Å². The van der Waals surface area contributed by atoms with Crippen LogP contribution in [0.15, 0.2) is 22.6 Å². The maximum atomic E-state index is 4.25. The minimum absolute atomic E-state index is 0. The smallest absolute Gasteiger partial charge is 0.244 e. The van der Waals surface area contributed by atoms with Gasteiger partial charge in [0.05, 0.1) is 0 Å². The van der Waals surface area contributed by atoms with E-state index in [-0.39, 0.29) is 17.1 Å². The molecule has 8 nitrogen and oxygen atoms in total. The van der Waals surface area contributed by atoms with Gasteiger partial charge in [-0.15, -0.1) is 0 Å². The second kappa shape index (κ2) is 11.1. The number of aromatic nitrogens is 6. The van der Waals surface area contributed by atoms with E-state index in [1.165, 1.54) is 12.7 Å². The maximum Gasteiger partial charge on any atom is 2.00 e. The van der Waals surface area contributed by atoms with Crippen LogP contribution >= 0.6 is 0 Å². The van der Waals surface area contributed by atoms with Gasteiger partial charge in [0.25, 0.3) is 0 Å². The summed E-state index contributed by atoms with van der Waals surface area (Å²) in [5.74, 6) is 3.30. The van der Waals surface area contributed by atoms with E-state index in [1.54, 1.807) is 0 Å². The van der Waals surface area contributed by atoms with Gasteiger partial charge in [0.2, 0.25) is 11.9 Å². The summed E-state index contributed by atoms with van der Waals surface area (Å²) in [6.07, 6.45) is 18.8. The molecule has 0 unspecified atom stereocenters. The molecule has 4 rings (SSSR count). The summed E-state index contributed by atoms with van der Waals surface area (Å²) in [4.78, 5) is 16.3. The number of hydrogen-bond acceptors (Lipinski definition) is 6. The third-order valence-electron chi connectivity index (χ3n) is 3.51. The monoisotopic (exact) mass is 402 g/mol. The molecule has 2 saturated carbocycles. The molecular formula is C18H18FeN8+2. The van der Waals surface area contributed by atoms with E-state index in [4.69, 9.17) is 0 Å². The van der Waals surface area contributed by atoms with Crippen LogP contribution < -0.4 is 0 Å². The molecule has 2 aromatic heterocycles. The molecule has 2 heterocycles. The summed E-state index contributed by atoms with van der Waals surface area (Å²) in [5.41, 5.74) is 1.86. The number of aromatic amines is 2. The molecule has 0 amide bonds. The molecule has 27 heavy (non-hydrogen) atoms. The zero-order valence-corrected chi connectivity index (χ0v) is 15.9. The predicted octanol–water partition coefficient (Wildman–Crippen LogP) is 2.60. The first-order chi connectivity index (χ1) is 12.7. The Morgan fingerprint density at radius 1 is 0.704 bits per heavy atom. The number of H-pyrrole nitrogens is 2. The predicted molar refractivity (Wildman–Crippen MR) is 99.2 cm³/mol. The van der Waals surface area contributed by atoms with Crippen molar-refractivity contribution in [2.24, 2.45) is 9.98 Å². The van der Waals surface area contributed by atoms with Crippen LogP contribution in [0.5, 0.6) is 0 Å². The quantitative estimate of drug-likeness (QED) is 0.605. The van der Waals surface area contributed by atoms with Crippen LogP contribution in [0.3, 0.4) is 0 Å². The first-order valence-corrected chi connectivity index (χ1v) is 7.98. The van der Waals surface area contributed by atoms with Gasteiger partial charge < -0.3 is 0 Å². The molecule has 2 N–H and O–H groups in total. The molecule has 0 atom stereocenters. The molecule has 2 aliphatic rings. The Morgan fingerprint density at radius 2 is 1.07 bits per heavy atom. The molecular weight excluding hydrogens is 384 g/mol. The molecule has 9 heteroatoms. The van der Waals surface area contributed by atoms with Crippen LogP contribution in [0.1, 0.15) is 13.8 Å². The Labute approximate surface area is 170 Å². The molecule has 0 aromatic carbocycles. The summed E-state index contributed by atoms with van der Waals surface area (Å²) in [5, 5.41) is 12.8. The number of rotatable bonds is 4. The Bertz CT molecular complexity index is 634.